The average molecular weight is 212 g/mol. The van der Waals surface area contributed by atoms with Crippen LogP contribution in [-0.2, 0) is 9.53 Å². The molecule has 0 saturated carbocycles. The molecule has 1 aliphatic rings. The number of hydrogen-bond donors (Lipinski definition) is 2. The minimum absolute atomic E-state index is 0.0877. The topological polar surface area (TPSA) is 50.4 Å². The van der Waals surface area contributed by atoms with E-state index in [1.807, 2.05) is 16.8 Å². The number of thiophene rings is 1. The fraction of sp³-hybridized carbons (Fsp3) is 0.444. The van der Waals surface area contributed by atoms with Crippen LogP contribution in [0, 0.1) is 0 Å². The summed E-state index contributed by atoms with van der Waals surface area (Å²) in [4.78, 5) is 11.3. The van der Waals surface area contributed by atoms with Crippen molar-refractivity contribution in [2.75, 3.05) is 25.0 Å². The Kier molecular flexibility index (Phi) is 3.13. The van der Waals surface area contributed by atoms with Crippen LogP contribution in [-0.4, -0.2) is 31.7 Å². The molecule has 2 heterocycles. The van der Waals surface area contributed by atoms with Crippen LogP contribution in [0.5, 0.6) is 0 Å². The number of hydrogen-bond acceptors (Lipinski definition) is 4. The first kappa shape index (κ1) is 9.64. The van der Waals surface area contributed by atoms with Gasteiger partial charge in [0, 0.05) is 18.5 Å². The summed E-state index contributed by atoms with van der Waals surface area (Å²) >= 11 is 1.56. The number of carbonyl (C=O) groups excluding carboxylic acids is 1. The molecule has 4 nitrogen and oxygen atoms in total. The van der Waals surface area contributed by atoms with Gasteiger partial charge in [-0.2, -0.15) is 11.3 Å². The van der Waals surface area contributed by atoms with Crippen LogP contribution >= 0.6 is 11.3 Å². The maximum Gasteiger partial charge on any atom is 0.250 e. The van der Waals surface area contributed by atoms with Crippen molar-refractivity contribution in [2.24, 2.45) is 0 Å². The van der Waals surface area contributed by atoms with Gasteiger partial charge in [-0.15, -0.1) is 0 Å². The second-order valence-electron chi connectivity index (χ2n) is 3.15. The Labute approximate surface area is 86.3 Å². The summed E-state index contributed by atoms with van der Waals surface area (Å²) in [6.07, 6.45) is 0.211. The molecule has 1 fully saturated rings. The molecule has 76 valence electrons. The predicted molar refractivity (Wildman–Crippen MR) is 55.6 cm³/mol. The second kappa shape index (κ2) is 4.54. The maximum atomic E-state index is 11.3. The molecule has 0 spiro atoms. The smallest absolute Gasteiger partial charge is 0.250 e. The van der Waals surface area contributed by atoms with Crippen LogP contribution in [0.1, 0.15) is 0 Å². The lowest BCUT2D eigenvalue weighted by molar-refractivity contribution is -0.123. The Morgan fingerprint density at radius 2 is 2.57 bits per heavy atom. The monoisotopic (exact) mass is 212 g/mol. The lowest BCUT2D eigenvalue weighted by Crippen LogP contribution is -2.49. The van der Waals surface area contributed by atoms with E-state index in [0.717, 1.165) is 18.8 Å². The fourth-order valence-electron chi connectivity index (χ4n) is 1.11. The fourth-order valence-corrected chi connectivity index (χ4v) is 1.69. The van der Waals surface area contributed by atoms with E-state index in [1.54, 1.807) is 11.3 Å². The molecule has 5 heteroatoms. The SMILES string of the molecule is O=C(COC1CNC1)Nc1ccsc1. The molecule has 14 heavy (non-hydrogen) atoms. The van der Waals surface area contributed by atoms with Crippen LogP contribution < -0.4 is 10.6 Å². The highest BCUT2D eigenvalue weighted by Gasteiger charge is 2.18. The Morgan fingerprint density at radius 3 is 3.14 bits per heavy atom. The molecule has 2 rings (SSSR count). The Balaban J connectivity index is 1.68. The lowest BCUT2D eigenvalue weighted by Gasteiger charge is -2.26. The average Bonchev–Trinajstić information content (AvgIpc) is 2.54. The van der Waals surface area contributed by atoms with Crippen molar-refractivity contribution >= 4 is 22.9 Å². The van der Waals surface area contributed by atoms with Crippen LogP contribution in [0.2, 0.25) is 0 Å². The standard InChI is InChI=1S/C9H12N2O2S/c12-9(5-13-8-3-10-4-8)11-7-1-2-14-6-7/h1-2,6,8,10H,3-5H2,(H,11,12). The highest BCUT2D eigenvalue weighted by Crippen LogP contribution is 2.11. The van der Waals surface area contributed by atoms with Crippen LogP contribution in [0.15, 0.2) is 16.8 Å². The molecule has 1 aliphatic heterocycles. The summed E-state index contributed by atoms with van der Waals surface area (Å²) in [7, 11) is 0. The zero-order chi connectivity index (χ0) is 9.80. The normalized spacial score (nSPS) is 16.3. The van der Waals surface area contributed by atoms with Crippen LogP contribution in [0.4, 0.5) is 5.69 Å². The van der Waals surface area contributed by atoms with Crippen molar-refractivity contribution in [2.45, 2.75) is 6.10 Å². The minimum atomic E-state index is -0.0877. The molecule has 0 aromatic carbocycles. The zero-order valence-electron chi connectivity index (χ0n) is 7.66. The molecular weight excluding hydrogens is 200 g/mol. The highest BCUT2D eigenvalue weighted by molar-refractivity contribution is 7.08. The minimum Gasteiger partial charge on any atom is -0.366 e. The summed E-state index contributed by atoms with van der Waals surface area (Å²) < 4.78 is 5.32. The molecule has 1 amide bonds. The van der Waals surface area contributed by atoms with E-state index >= 15 is 0 Å². The van der Waals surface area contributed by atoms with E-state index in [0.29, 0.717) is 0 Å². The molecule has 0 aliphatic carbocycles. The predicted octanol–water partition coefficient (Wildman–Crippen LogP) is 0.675. The number of carbonyl (C=O) groups is 1. The van der Waals surface area contributed by atoms with Crippen LogP contribution in [0.25, 0.3) is 0 Å². The van der Waals surface area contributed by atoms with Gasteiger partial charge < -0.3 is 15.4 Å². The number of ether oxygens (including phenoxy) is 1. The van der Waals surface area contributed by atoms with Gasteiger partial charge in [0.05, 0.1) is 11.8 Å². The highest BCUT2D eigenvalue weighted by atomic mass is 32.1. The summed E-state index contributed by atoms with van der Waals surface area (Å²) in [5, 5.41) is 9.64. The van der Waals surface area contributed by atoms with E-state index in [2.05, 4.69) is 10.6 Å². The molecule has 1 aromatic heterocycles. The Morgan fingerprint density at radius 1 is 1.71 bits per heavy atom. The van der Waals surface area contributed by atoms with E-state index in [9.17, 15) is 4.79 Å². The van der Waals surface area contributed by atoms with E-state index in [-0.39, 0.29) is 18.6 Å². The lowest BCUT2D eigenvalue weighted by atomic mass is 10.2. The van der Waals surface area contributed by atoms with E-state index in [4.69, 9.17) is 4.74 Å². The molecular formula is C9H12N2O2S. The van der Waals surface area contributed by atoms with Crippen molar-refractivity contribution in [1.82, 2.24) is 5.32 Å². The molecule has 0 unspecified atom stereocenters. The first-order chi connectivity index (χ1) is 6.84. The Bertz CT molecular complexity index is 296. The number of anilines is 1. The molecule has 1 aromatic rings. The first-order valence-corrected chi connectivity index (χ1v) is 5.43. The summed E-state index contributed by atoms with van der Waals surface area (Å²) in [6, 6.07) is 1.87. The molecule has 0 bridgehead atoms. The van der Waals surface area contributed by atoms with Gasteiger partial charge in [0.2, 0.25) is 5.91 Å². The van der Waals surface area contributed by atoms with Crippen molar-refractivity contribution in [3.05, 3.63) is 16.8 Å². The molecule has 1 saturated heterocycles. The third kappa shape index (κ3) is 2.54. The number of rotatable bonds is 4. The second-order valence-corrected chi connectivity index (χ2v) is 3.93. The summed E-state index contributed by atoms with van der Waals surface area (Å²) in [6.45, 7) is 1.85. The van der Waals surface area contributed by atoms with Crippen molar-refractivity contribution in [3.8, 4) is 0 Å². The third-order valence-electron chi connectivity index (χ3n) is 2.00. The quantitative estimate of drug-likeness (QED) is 0.771. The number of nitrogens with one attached hydrogen (secondary N) is 2. The van der Waals surface area contributed by atoms with E-state index in [1.165, 1.54) is 0 Å². The van der Waals surface area contributed by atoms with Crippen molar-refractivity contribution in [3.63, 3.8) is 0 Å². The molecule has 2 N–H and O–H groups in total. The zero-order valence-corrected chi connectivity index (χ0v) is 8.47. The third-order valence-corrected chi connectivity index (χ3v) is 2.68. The van der Waals surface area contributed by atoms with Gasteiger partial charge in [0.25, 0.3) is 0 Å². The molecule has 0 radical (unpaired) electrons. The number of amides is 1. The van der Waals surface area contributed by atoms with Crippen molar-refractivity contribution in [1.29, 1.82) is 0 Å². The Hall–Kier alpha value is -0.910. The van der Waals surface area contributed by atoms with E-state index < -0.39 is 0 Å². The molecule has 0 atom stereocenters. The maximum absolute atomic E-state index is 11.3. The first-order valence-electron chi connectivity index (χ1n) is 4.49. The van der Waals surface area contributed by atoms with Gasteiger partial charge >= 0.3 is 0 Å². The van der Waals surface area contributed by atoms with Gasteiger partial charge in [-0.3, -0.25) is 4.79 Å². The van der Waals surface area contributed by atoms with Gasteiger partial charge in [-0.25, -0.2) is 0 Å². The van der Waals surface area contributed by atoms with Gasteiger partial charge in [0.15, 0.2) is 0 Å². The van der Waals surface area contributed by atoms with Gasteiger partial charge in [0.1, 0.15) is 6.61 Å². The summed E-state index contributed by atoms with van der Waals surface area (Å²) in [5.41, 5.74) is 0.843. The summed E-state index contributed by atoms with van der Waals surface area (Å²) in [5.74, 6) is -0.0877. The largest absolute Gasteiger partial charge is 0.366 e. The van der Waals surface area contributed by atoms with Crippen LogP contribution in [0.3, 0.4) is 0 Å². The van der Waals surface area contributed by atoms with Crippen molar-refractivity contribution < 1.29 is 9.53 Å². The van der Waals surface area contributed by atoms with Gasteiger partial charge in [-0.1, -0.05) is 0 Å². The van der Waals surface area contributed by atoms with Gasteiger partial charge in [-0.05, 0) is 11.4 Å².